The molecule has 1 aliphatic carbocycles. The molecule has 0 radical (unpaired) electrons. The van der Waals surface area contributed by atoms with Gasteiger partial charge in [0.05, 0.1) is 12.5 Å². The minimum Gasteiger partial charge on any atom is -0.381 e. The van der Waals surface area contributed by atoms with Gasteiger partial charge >= 0.3 is 0 Å². The fraction of sp³-hybridized carbons (Fsp3) is 0.850. The smallest absolute Gasteiger partial charge is 0.231 e. The van der Waals surface area contributed by atoms with Crippen molar-refractivity contribution in [2.24, 2.45) is 11.8 Å². The number of amides is 1. The summed E-state index contributed by atoms with van der Waals surface area (Å²) in [6.07, 6.45) is 8.25. The van der Waals surface area contributed by atoms with Crippen LogP contribution in [-0.2, 0) is 20.7 Å². The highest BCUT2D eigenvalue weighted by Crippen LogP contribution is 2.31. The second kappa shape index (κ2) is 9.15. The van der Waals surface area contributed by atoms with Gasteiger partial charge in [0.2, 0.25) is 11.8 Å². The van der Waals surface area contributed by atoms with Crippen molar-refractivity contribution >= 4 is 5.91 Å². The summed E-state index contributed by atoms with van der Waals surface area (Å²) in [6.45, 7) is 4.64. The maximum Gasteiger partial charge on any atom is 0.231 e. The predicted molar refractivity (Wildman–Crippen MR) is 98.3 cm³/mol. The molecule has 0 aromatic carbocycles. The van der Waals surface area contributed by atoms with Crippen LogP contribution in [0.15, 0.2) is 4.52 Å². The summed E-state index contributed by atoms with van der Waals surface area (Å²) in [4.78, 5) is 19.1. The lowest BCUT2D eigenvalue weighted by atomic mass is 10.0. The van der Waals surface area contributed by atoms with Gasteiger partial charge in [0.15, 0.2) is 5.82 Å². The molecule has 4 rings (SSSR count). The highest BCUT2D eigenvalue weighted by atomic mass is 16.5. The van der Waals surface area contributed by atoms with E-state index in [1.165, 1.54) is 12.8 Å². The number of carbonyl (C=O) groups excluding carboxylic acids is 1. The Hall–Kier alpha value is -1.47. The van der Waals surface area contributed by atoms with E-state index in [1.54, 1.807) is 0 Å². The lowest BCUT2D eigenvalue weighted by molar-refractivity contribution is -0.134. The van der Waals surface area contributed by atoms with Crippen LogP contribution in [0.4, 0.5) is 0 Å². The third-order valence-electron chi connectivity index (χ3n) is 6.20. The van der Waals surface area contributed by atoms with Crippen LogP contribution < -0.4 is 0 Å². The SMILES string of the molecule is O=C(C1CCCC1)N1CCC(c2nc(CCOCC3CCOCC3)no2)C1. The minimum absolute atomic E-state index is 0.180. The fourth-order valence-electron chi connectivity index (χ4n) is 4.45. The molecule has 3 aliphatic rings. The van der Waals surface area contributed by atoms with Crippen LogP contribution in [0.3, 0.4) is 0 Å². The number of nitrogens with zero attached hydrogens (tertiary/aromatic N) is 3. The highest BCUT2D eigenvalue weighted by Gasteiger charge is 2.34. The van der Waals surface area contributed by atoms with E-state index in [4.69, 9.17) is 14.0 Å². The summed E-state index contributed by atoms with van der Waals surface area (Å²) >= 11 is 0. The van der Waals surface area contributed by atoms with Gasteiger partial charge in [-0.3, -0.25) is 4.79 Å². The zero-order chi connectivity index (χ0) is 18.5. The normalized spacial score (nSPS) is 24.7. The van der Waals surface area contributed by atoms with E-state index in [1.807, 2.05) is 4.90 Å². The Kier molecular flexibility index (Phi) is 6.39. The van der Waals surface area contributed by atoms with E-state index in [9.17, 15) is 4.79 Å². The van der Waals surface area contributed by atoms with Crippen LogP contribution in [0.2, 0.25) is 0 Å². The Morgan fingerprint density at radius 3 is 2.78 bits per heavy atom. The summed E-state index contributed by atoms with van der Waals surface area (Å²) in [7, 11) is 0. The standard InChI is InChI=1S/C20H31N3O4/c24-20(16-3-1-2-4-16)23-9-5-17(13-23)19-21-18(22-27-19)8-12-26-14-15-6-10-25-11-7-15/h15-17H,1-14H2. The van der Waals surface area contributed by atoms with Crippen LogP contribution in [0.25, 0.3) is 0 Å². The first-order valence-electron chi connectivity index (χ1n) is 10.6. The molecule has 0 spiro atoms. The summed E-state index contributed by atoms with van der Waals surface area (Å²) in [5.74, 6) is 2.75. The molecular formula is C20H31N3O4. The first-order chi connectivity index (χ1) is 13.3. The molecule has 7 nitrogen and oxygen atoms in total. The average molecular weight is 377 g/mol. The van der Waals surface area contributed by atoms with Gasteiger partial charge in [0, 0.05) is 45.2 Å². The lowest BCUT2D eigenvalue weighted by Crippen LogP contribution is -2.33. The van der Waals surface area contributed by atoms with E-state index >= 15 is 0 Å². The maximum atomic E-state index is 12.6. The van der Waals surface area contributed by atoms with Crippen LogP contribution >= 0.6 is 0 Å². The lowest BCUT2D eigenvalue weighted by Gasteiger charge is -2.21. The van der Waals surface area contributed by atoms with Crippen molar-refractivity contribution in [1.82, 2.24) is 15.0 Å². The van der Waals surface area contributed by atoms with E-state index in [2.05, 4.69) is 10.1 Å². The Morgan fingerprint density at radius 2 is 1.96 bits per heavy atom. The molecule has 0 bridgehead atoms. The summed E-state index contributed by atoms with van der Waals surface area (Å²) < 4.78 is 16.6. The Morgan fingerprint density at radius 1 is 1.15 bits per heavy atom. The number of rotatable bonds is 7. The van der Waals surface area contributed by atoms with Crippen molar-refractivity contribution in [2.45, 2.75) is 57.3 Å². The number of hydrogen-bond acceptors (Lipinski definition) is 6. The average Bonchev–Trinajstić information content (AvgIpc) is 3.47. The molecule has 2 saturated heterocycles. The van der Waals surface area contributed by atoms with Crippen molar-refractivity contribution in [2.75, 3.05) is 39.5 Å². The molecule has 3 heterocycles. The van der Waals surface area contributed by atoms with Gasteiger partial charge in [-0.2, -0.15) is 4.98 Å². The number of carbonyl (C=O) groups is 1. The van der Waals surface area contributed by atoms with E-state index in [0.29, 0.717) is 36.6 Å². The molecule has 0 N–H and O–H groups in total. The number of likely N-dealkylation sites (tertiary alicyclic amines) is 1. The minimum atomic E-state index is 0.180. The molecule has 1 unspecified atom stereocenters. The molecule has 7 heteroatoms. The molecule has 27 heavy (non-hydrogen) atoms. The molecule has 1 saturated carbocycles. The number of hydrogen-bond donors (Lipinski definition) is 0. The van der Waals surface area contributed by atoms with E-state index in [0.717, 1.165) is 65.0 Å². The monoisotopic (exact) mass is 377 g/mol. The van der Waals surface area contributed by atoms with Gasteiger partial charge in [-0.1, -0.05) is 18.0 Å². The van der Waals surface area contributed by atoms with Crippen LogP contribution in [0.5, 0.6) is 0 Å². The fourth-order valence-corrected chi connectivity index (χ4v) is 4.45. The third kappa shape index (κ3) is 4.88. The van der Waals surface area contributed by atoms with Gasteiger partial charge in [-0.05, 0) is 38.0 Å². The molecule has 1 atom stereocenters. The van der Waals surface area contributed by atoms with Crippen molar-refractivity contribution in [3.05, 3.63) is 11.7 Å². The number of aromatic nitrogens is 2. The molecule has 3 fully saturated rings. The van der Waals surface area contributed by atoms with Gasteiger partial charge in [0.25, 0.3) is 0 Å². The van der Waals surface area contributed by atoms with Crippen LogP contribution in [0.1, 0.15) is 62.6 Å². The zero-order valence-corrected chi connectivity index (χ0v) is 16.1. The van der Waals surface area contributed by atoms with Gasteiger partial charge in [-0.15, -0.1) is 0 Å². The van der Waals surface area contributed by atoms with Crippen molar-refractivity contribution in [1.29, 1.82) is 0 Å². The molecule has 150 valence electrons. The van der Waals surface area contributed by atoms with Crippen LogP contribution in [0, 0.1) is 11.8 Å². The number of ether oxygens (including phenoxy) is 2. The molecule has 1 amide bonds. The second-order valence-electron chi connectivity index (χ2n) is 8.18. The first-order valence-corrected chi connectivity index (χ1v) is 10.6. The van der Waals surface area contributed by atoms with E-state index in [-0.39, 0.29) is 11.8 Å². The molecular weight excluding hydrogens is 346 g/mol. The third-order valence-corrected chi connectivity index (χ3v) is 6.20. The zero-order valence-electron chi connectivity index (χ0n) is 16.1. The van der Waals surface area contributed by atoms with Gasteiger partial charge in [0.1, 0.15) is 0 Å². The van der Waals surface area contributed by atoms with Gasteiger partial charge in [-0.25, -0.2) is 0 Å². The van der Waals surface area contributed by atoms with Crippen molar-refractivity contribution < 1.29 is 18.8 Å². The first kappa shape index (κ1) is 18.9. The topological polar surface area (TPSA) is 77.7 Å². The molecule has 1 aromatic heterocycles. The molecule has 1 aromatic rings. The van der Waals surface area contributed by atoms with Crippen molar-refractivity contribution in [3.8, 4) is 0 Å². The highest BCUT2D eigenvalue weighted by molar-refractivity contribution is 5.79. The quantitative estimate of drug-likeness (QED) is 0.680. The second-order valence-corrected chi connectivity index (χ2v) is 8.18. The van der Waals surface area contributed by atoms with E-state index < -0.39 is 0 Å². The van der Waals surface area contributed by atoms with Crippen molar-refractivity contribution in [3.63, 3.8) is 0 Å². The maximum absolute atomic E-state index is 12.6. The summed E-state index contributed by atoms with van der Waals surface area (Å²) in [6, 6.07) is 0. The Labute approximate surface area is 160 Å². The summed E-state index contributed by atoms with van der Waals surface area (Å²) in [5.41, 5.74) is 0. The Bertz CT molecular complexity index is 608. The van der Waals surface area contributed by atoms with Gasteiger partial charge < -0.3 is 18.9 Å². The molecule has 2 aliphatic heterocycles. The predicted octanol–water partition coefficient (Wildman–Crippen LogP) is 2.56. The Balaban J connectivity index is 1.19. The van der Waals surface area contributed by atoms with Crippen LogP contribution in [-0.4, -0.2) is 60.5 Å². The largest absolute Gasteiger partial charge is 0.381 e. The summed E-state index contributed by atoms with van der Waals surface area (Å²) in [5, 5.41) is 4.10.